The third kappa shape index (κ3) is 3.19. The van der Waals surface area contributed by atoms with Crippen molar-refractivity contribution in [2.75, 3.05) is 26.2 Å². The van der Waals surface area contributed by atoms with Crippen LogP contribution < -0.4 is 5.32 Å². The van der Waals surface area contributed by atoms with Gasteiger partial charge in [0, 0.05) is 25.7 Å². The van der Waals surface area contributed by atoms with E-state index in [1.54, 1.807) is 0 Å². The summed E-state index contributed by atoms with van der Waals surface area (Å²) < 4.78 is 5.59. The molecule has 2 aliphatic heterocycles. The number of morpholine rings is 1. The topological polar surface area (TPSA) is 41.6 Å². The Morgan fingerprint density at radius 3 is 3.00 bits per heavy atom. The SMILES string of the molecule is CC(C)C1CCCN1C(=O)CC1CNCCO1. The Bertz CT molecular complexity index is 262. The summed E-state index contributed by atoms with van der Waals surface area (Å²) in [6.45, 7) is 7.78. The number of nitrogens with one attached hydrogen (secondary N) is 1. The predicted octanol–water partition coefficient (Wildman–Crippen LogP) is 1.01. The molecule has 0 spiro atoms. The number of carbonyl (C=O) groups excluding carboxylic acids is 1. The van der Waals surface area contributed by atoms with Gasteiger partial charge in [0.1, 0.15) is 0 Å². The molecule has 0 aromatic rings. The molecule has 2 heterocycles. The van der Waals surface area contributed by atoms with Crippen molar-refractivity contribution < 1.29 is 9.53 Å². The molecule has 0 radical (unpaired) electrons. The van der Waals surface area contributed by atoms with E-state index in [2.05, 4.69) is 24.1 Å². The van der Waals surface area contributed by atoms with Crippen LogP contribution in [0.15, 0.2) is 0 Å². The third-order valence-electron chi connectivity index (χ3n) is 3.80. The van der Waals surface area contributed by atoms with Gasteiger partial charge in [0.25, 0.3) is 0 Å². The molecular weight excluding hydrogens is 216 g/mol. The summed E-state index contributed by atoms with van der Waals surface area (Å²) in [6.07, 6.45) is 2.92. The maximum atomic E-state index is 12.2. The first-order valence-electron chi connectivity index (χ1n) is 6.80. The molecule has 2 aliphatic rings. The standard InChI is InChI=1S/C13H24N2O2/c1-10(2)12-4-3-6-15(12)13(16)8-11-9-14-5-7-17-11/h10-12,14H,3-9H2,1-2H3. The van der Waals surface area contributed by atoms with Gasteiger partial charge in [-0.15, -0.1) is 0 Å². The molecule has 98 valence electrons. The van der Waals surface area contributed by atoms with E-state index in [1.807, 2.05) is 0 Å². The fourth-order valence-electron chi connectivity index (χ4n) is 2.86. The largest absolute Gasteiger partial charge is 0.375 e. The molecule has 2 unspecified atom stereocenters. The summed E-state index contributed by atoms with van der Waals surface area (Å²) in [5.74, 6) is 0.835. The van der Waals surface area contributed by atoms with E-state index >= 15 is 0 Å². The van der Waals surface area contributed by atoms with Gasteiger partial charge in [-0.05, 0) is 18.8 Å². The quantitative estimate of drug-likeness (QED) is 0.800. The zero-order chi connectivity index (χ0) is 12.3. The van der Waals surface area contributed by atoms with Gasteiger partial charge in [0.2, 0.25) is 5.91 Å². The number of hydrogen-bond acceptors (Lipinski definition) is 3. The number of amides is 1. The number of ether oxygens (including phenoxy) is 1. The van der Waals surface area contributed by atoms with Crippen molar-refractivity contribution in [2.24, 2.45) is 5.92 Å². The van der Waals surface area contributed by atoms with Gasteiger partial charge in [-0.3, -0.25) is 4.79 Å². The van der Waals surface area contributed by atoms with Crippen molar-refractivity contribution in [1.29, 1.82) is 0 Å². The van der Waals surface area contributed by atoms with Crippen LogP contribution >= 0.6 is 0 Å². The van der Waals surface area contributed by atoms with Gasteiger partial charge in [-0.25, -0.2) is 0 Å². The molecule has 2 atom stereocenters. The minimum atomic E-state index is 0.0738. The van der Waals surface area contributed by atoms with Gasteiger partial charge >= 0.3 is 0 Å². The summed E-state index contributed by atoms with van der Waals surface area (Å²) in [5, 5.41) is 3.27. The molecule has 0 aliphatic carbocycles. The van der Waals surface area contributed by atoms with Crippen LogP contribution in [0.1, 0.15) is 33.1 Å². The van der Waals surface area contributed by atoms with E-state index in [4.69, 9.17) is 4.74 Å². The average Bonchev–Trinajstić information content (AvgIpc) is 2.79. The van der Waals surface area contributed by atoms with Crippen molar-refractivity contribution in [3.05, 3.63) is 0 Å². The molecule has 1 amide bonds. The van der Waals surface area contributed by atoms with Crippen LogP contribution in [0.4, 0.5) is 0 Å². The molecule has 2 rings (SSSR count). The second kappa shape index (κ2) is 5.83. The van der Waals surface area contributed by atoms with Crippen LogP contribution in [0.2, 0.25) is 0 Å². The molecule has 17 heavy (non-hydrogen) atoms. The smallest absolute Gasteiger partial charge is 0.225 e. The Balaban J connectivity index is 1.86. The minimum absolute atomic E-state index is 0.0738. The van der Waals surface area contributed by atoms with Crippen molar-refractivity contribution in [3.8, 4) is 0 Å². The predicted molar refractivity (Wildman–Crippen MR) is 66.8 cm³/mol. The fraction of sp³-hybridized carbons (Fsp3) is 0.923. The maximum absolute atomic E-state index is 12.2. The van der Waals surface area contributed by atoms with Gasteiger partial charge < -0.3 is 15.0 Å². The highest BCUT2D eigenvalue weighted by Crippen LogP contribution is 2.24. The van der Waals surface area contributed by atoms with E-state index in [1.165, 1.54) is 0 Å². The molecule has 0 saturated carbocycles. The lowest BCUT2D eigenvalue weighted by atomic mass is 10.0. The normalized spacial score (nSPS) is 29.9. The lowest BCUT2D eigenvalue weighted by Crippen LogP contribution is -2.44. The lowest BCUT2D eigenvalue weighted by molar-refractivity contribution is -0.136. The highest BCUT2D eigenvalue weighted by atomic mass is 16.5. The van der Waals surface area contributed by atoms with Gasteiger partial charge in [0.15, 0.2) is 0 Å². The van der Waals surface area contributed by atoms with Gasteiger partial charge in [-0.2, -0.15) is 0 Å². The van der Waals surface area contributed by atoms with E-state index in [0.717, 1.165) is 39.1 Å². The monoisotopic (exact) mass is 240 g/mol. The van der Waals surface area contributed by atoms with Gasteiger partial charge in [0.05, 0.1) is 19.1 Å². The van der Waals surface area contributed by atoms with Crippen LogP contribution in [0.25, 0.3) is 0 Å². The molecule has 1 N–H and O–H groups in total. The van der Waals surface area contributed by atoms with Crippen LogP contribution in [0, 0.1) is 5.92 Å². The minimum Gasteiger partial charge on any atom is -0.375 e. The molecule has 0 aromatic carbocycles. The van der Waals surface area contributed by atoms with Crippen molar-refractivity contribution in [1.82, 2.24) is 10.2 Å². The van der Waals surface area contributed by atoms with Crippen molar-refractivity contribution >= 4 is 5.91 Å². The molecular formula is C13H24N2O2. The van der Waals surface area contributed by atoms with E-state index in [9.17, 15) is 4.79 Å². The Hall–Kier alpha value is -0.610. The Labute approximate surface area is 104 Å². The zero-order valence-electron chi connectivity index (χ0n) is 10.9. The molecule has 0 aromatic heterocycles. The molecule has 0 bridgehead atoms. The number of likely N-dealkylation sites (tertiary alicyclic amines) is 1. The molecule has 4 heteroatoms. The first kappa shape index (κ1) is 12.8. The van der Waals surface area contributed by atoms with E-state index in [-0.39, 0.29) is 12.0 Å². The Morgan fingerprint density at radius 2 is 2.35 bits per heavy atom. The van der Waals surface area contributed by atoms with Crippen molar-refractivity contribution in [2.45, 2.75) is 45.3 Å². The fourth-order valence-corrected chi connectivity index (χ4v) is 2.86. The Morgan fingerprint density at radius 1 is 1.53 bits per heavy atom. The van der Waals surface area contributed by atoms with Crippen LogP contribution in [0.5, 0.6) is 0 Å². The van der Waals surface area contributed by atoms with E-state index < -0.39 is 0 Å². The number of carbonyl (C=O) groups is 1. The first-order chi connectivity index (χ1) is 8.18. The van der Waals surface area contributed by atoms with Crippen LogP contribution in [-0.4, -0.2) is 49.2 Å². The highest BCUT2D eigenvalue weighted by Gasteiger charge is 2.32. The second-order valence-corrected chi connectivity index (χ2v) is 5.44. The summed E-state index contributed by atoms with van der Waals surface area (Å²) in [4.78, 5) is 14.3. The van der Waals surface area contributed by atoms with Gasteiger partial charge in [-0.1, -0.05) is 13.8 Å². The van der Waals surface area contributed by atoms with Crippen LogP contribution in [0.3, 0.4) is 0 Å². The molecule has 2 saturated heterocycles. The summed E-state index contributed by atoms with van der Waals surface area (Å²) in [5.41, 5.74) is 0. The zero-order valence-corrected chi connectivity index (χ0v) is 10.9. The highest BCUT2D eigenvalue weighted by molar-refractivity contribution is 5.77. The Kier molecular flexibility index (Phi) is 4.40. The molecule has 2 fully saturated rings. The summed E-state index contributed by atoms with van der Waals surface area (Å²) >= 11 is 0. The maximum Gasteiger partial charge on any atom is 0.225 e. The second-order valence-electron chi connectivity index (χ2n) is 5.44. The summed E-state index contributed by atoms with van der Waals surface area (Å²) in [7, 11) is 0. The van der Waals surface area contributed by atoms with Crippen molar-refractivity contribution in [3.63, 3.8) is 0 Å². The number of rotatable bonds is 3. The number of hydrogen-bond donors (Lipinski definition) is 1. The number of nitrogens with zero attached hydrogens (tertiary/aromatic N) is 1. The van der Waals surface area contributed by atoms with Crippen LogP contribution in [-0.2, 0) is 9.53 Å². The third-order valence-corrected chi connectivity index (χ3v) is 3.80. The average molecular weight is 240 g/mol. The molecule has 4 nitrogen and oxygen atoms in total. The first-order valence-corrected chi connectivity index (χ1v) is 6.80. The lowest BCUT2D eigenvalue weighted by Gasteiger charge is -2.30. The van der Waals surface area contributed by atoms with E-state index in [0.29, 0.717) is 18.4 Å². The summed E-state index contributed by atoms with van der Waals surface area (Å²) in [6, 6.07) is 0.444.